The molecule has 0 bridgehead atoms. The van der Waals surface area contributed by atoms with Gasteiger partial charge in [0.2, 0.25) is 0 Å². The van der Waals surface area contributed by atoms with Gasteiger partial charge in [0.1, 0.15) is 6.26 Å². The quantitative estimate of drug-likeness (QED) is 0.920. The summed E-state index contributed by atoms with van der Waals surface area (Å²) in [6.07, 6.45) is 3.79. The Labute approximate surface area is 134 Å². The summed E-state index contributed by atoms with van der Waals surface area (Å²) in [6.45, 7) is 2.63. The molecule has 0 radical (unpaired) electrons. The molecule has 2 heterocycles. The summed E-state index contributed by atoms with van der Waals surface area (Å²) in [5.74, 6) is -0.216. The minimum absolute atomic E-state index is 0.149. The van der Waals surface area contributed by atoms with Crippen molar-refractivity contribution >= 4 is 17.5 Å². The van der Waals surface area contributed by atoms with Crippen molar-refractivity contribution in [2.45, 2.75) is 18.9 Å². The van der Waals surface area contributed by atoms with Gasteiger partial charge < -0.3 is 9.84 Å². The third-order valence-corrected chi connectivity index (χ3v) is 4.21. The van der Waals surface area contributed by atoms with Crippen LogP contribution in [0.15, 0.2) is 41.1 Å². The number of nitrogens with one attached hydrogen (secondary N) is 1. The molecule has 1 atom stereocenters. The highest BCUT2D eigenvalue weighted by Gasteiger charge is 2.24. The van der Waals surface area contributed by atoms with E-state index in [9.17, 15) is 4.79 Å². The summed E-state index contributed by atoms with van der Waals surface area (Å²) < 4.78 is 4.70. The molecule has 5 nitrogen and oxygen atoms in total. The van der Waals surface area contributed by atoms with Gasteiger partial charge >= 0.3 is 0 Å². The number of halogens is 1. The zero-order chi connectivity index (χ0) is 15.4. The molecule has 1 fully saturated rings. The van der Waals surface area contributed by atoms with Gasteiger partial charge in [-0.15, -0.1) is 0 Å². The van der Waals surface area contributed by atoms with E-state index in [2.05, 4.69) is 15.4 Å². The lowest BCUT2D eigenvalue weighted by Gasteiger charge is -2.28. The zero-order valence-corrected chi connectivity index (χ0v) is 12.9. The van der Waals surface area contributed by atoms with Gasteiger partial charge in [0.05, 0.1) is 6.04 Å². The summed E-state index contributed by atoms with van der Waals surface area (Å²) in [6, 6.07) is 9.53. The number of nitrogens with zero attached hydrogens (tertiary/aromatic N) is 2. The summed E-state index contributed by atoms with van der Waals surface area (Å²) >= 11 is 5.97. The average Bonchev–Trinajstić information content (AvgIpc) is 3.22. The Morgan fingerprint density at radius 2 is 2.00 bits per heavy atom. The number of hydrogen-bond donors (Lipinski definition) is 1. The summed E-state index contributed by atoms with van der Waals surface area (Å²) in [7, 11) is 0. The number of benzene rings is 1. The maximum Gasteiger partial charge on any atom is 0.273 e. The van der Waals surface area contributed by atoms with Crippen LogP contribution in [0.1, 0.15) is 34.9 Å². The molecule has 1 amide bonds. The van der Waals surface area contributed by atoms with Crippen LogP contribution < -0.4 is 5.32 Å². The molecule has 0 aliphatic carbocycles. The number of carbonyl (C=O) groups excluding carboxylic acids is 1. The highest BCUT2D eigenvalue weighted by atomic mass is 35.5. The molecule has 22 heavy (non-hydrogen) atoms. The molecule has 1 aromatic heterocycles. The fourth-order valence-corrected chi connectivity index (χ4v) is 2.93. The van der Waals surface area contributed by atoms with Gasteiger partial charge in [-0.1, -0.05) is 28.9 Å². The van der Waals surface area contributed by atoms with Gasteiger partial charge in [0.25, 0.3) is 5.91 Å². The SMILES string of the molecule is O=C(NCC(c1ccc(Cl)cc1)N1CCCC1)c1ccon1. The molecule has 1 aliphatic rings. The Morgan fingerprint density at radius 1 is 1.27 bits per heavy atom. The third-order valence-electron chi connectivity index (χ3n) is 3.96. The molecule has 116 valence electrons. The molecule has 3 rings (SSSR count). The van der Waals surface area contributed by atoms with Gasteiger partial charge in [0, 0.05) is 17.6 Å². The van der Waals surface area contributed by atoms with Crippen molar-refractivity contribution in [2.75, 3.05) is 19.6 Å². The molecule has 1 saturated heterocycles. The van der Waals surface area contributed by atoms with E-state index in [1.807, 2.05) is 24.3 Å². The maximum absolute atomic E-state index is 12.0. The standard InChI is InChI=1S/C16H18ClN3O2/c17-13-5-3-12(4-6-13)15(20-8-1-2-9-20)11-18-16(21)14-7-10-22-19-14/h3-7,10,15H,1-2,8-9,11H2,(H,18,21). The molecule has 1 N–H and O–H groups in total. The largest absolute Gasteiger partial charge is 0.364 e. The topological polar surface area (TPSA) is 58.4 Å². The minimum atomic E-state index is -0.216. The van der Waals surface area contributed by atoms with E-state index < -0.39 is 0 Å². The number of aromatic nitrogens is 1. The van der Waals surface area contributed by atoms with Crippen LogP contribution in [0.25, 0.3) is 0 Å². The second kappa shape index (κ2) is 6.94. The van der Waals surface area contributed by atoms with Crippen LogP contribution in [0.2, 0.25) is 5.02 Å². The molecule has 0 saturated carbocycles. The normalized spacial score (nSPS) is 16.6. The minimum Gasteiger partial charge on any atom is -0.364 e. The summed E-state index contributed by atoms with van der Waals surface area (Å²) in [5.41, 5.74) is 1.46. The van der Waals surface area contributed by atoms with Crippen LogP contribution in [-0.4, -0.2) is 35.6 Å². The highest BCUT2D eigenvalue weighted by molar-refractivity contribution is 6.30. The second-order valence-electron chi connectivity index (χ2n) is 5.41. The Balaban J connectivity index is 1.71. The molecular formula is C16H18ClN3O2. The van der Waals surface area contributed by atoms with E-state index in [-0.39, 0.29) is 11.9 Å². The number of likely N-dealkylation sites (tertiary alicyclic amines) is 1. The first-order chi connectivity index (χ1) is 10.7. The number of carbonyl (C=O) groups is 1. The van der Waals surface area contributed by atoms with Crippen molar-refractivity contribution in [3.05, 3.63) is 52.9 Å². The Kier molecular flexibility index (Phi) is 4.75. The van der Waals surface area contributed by atoms with Crippen molar-refractivity contribution < 1.29 is 9.32 Å². The van der Waals surface area contributed by atoms with E-state index in [0.29, 0.717) is 12.2 Å². The van der Waals surface area contributed by atoms with E-state index in [1.165, 1.54) is 19.1 Å². The van der Waals surface area contributed by atoms with E-state index in [0.717, 1.165) is 23.7 Å². The van der Waals surface area contributed by atoms with Crippen LogP contribution in [0, 0.1) is 0 Å². The first-order valence-electron chi connectivity index (χ1n) is 7.42. The van der Waals surface area contributed by atoms with Crippen molar-refractivity contribution in [2.24, 2.45) is 0 Å². The second-order valence-corrected chi connectivity index (χ2v) is 5.84. The van der Waals surface area contributed by atoms with Crippen LogP contribution in [-0.2, 0) is 0 Å². The van der Waals surface area contributed by atoms with Crippen LogP contribution >= 0.6 is 11.6 Å². The molecular weight excluding hydrogens is 302 g/mol. The average molecular weight is 320 g/mol. The monoisotopic (exact) mass is 319 g/mol. The predicted octanol–water partition coefficient (Wildman–Crippen LogP) is 2.89. The van der Waals surface area contributed by atoms with Gasteiger partial charge in [-0.05, 0) is 43.6 Å². The molecule has 1 unspecified atom stereocenters. The molecule has 1 aromatic carbocycles. The molecule has 2 aromatic rings. The fraction of sp³-hybridized carbons (Fsp3) is 0.375. The maximum atomic E-state index is 12.0. The Hall–Kier alpha value is -1.85. The third kappa shape index (κ3) is 3.48. The van der Waals surface area contributed by atoms with Crippen molar-refractivity contribution in [3.63, 3.8) is 0 Å². The first-order valence-corrected chi connectivity index (χ1v) is 7.80. The van der Waals surface area contributed by atoms with Crippen LogP contribution in [0.3, 0.4) is 0 Å². The summed E-state index contributed by atoms with van der Waals surface area (Å²) in [5, 5.41) is 7.32. The highest BCUT2D eigenvalue weighted by Crippen LogP contribution is 2.25. The van der Waals surface area contributed by atoms with Gasteiger partial charge in [-0.3, -0.25) is 9.69 Å². The number of rotatable bonds is 5. The molecule has 1 aliphatic heterocycles. The van der Waals surface area contributed by atoms with Gasteiger partial charge in [-0.25, -0.2) is 0 Å². The predicted molar refractivity (Wildman–Crippen MR) is 83.8 cm³/mol. The lowest BCUT2D eigenvalue weighted by atomic mass is 10.1. The molecule has 0 spiro atoms. The molecule has 6 heteroatoms. The van der Waals surface area contributed by atoms with E-state index in [4.69, 9.17) is 16.1 Å². The fourth-order valence-electron chi connectivity index (χ4n) is 2.81. The van der Waals surface area contributed by atoms with E-state index in [1.54, 1.807) is 6.07 Å². The van der Waals surface area contributed by atoms with Crippen LogP contribution in [0.5, 0.6) is 0 Å². The van der Waals surface area contributed by atoms with Crippen molar-refractivity contribution in [1.82, 2.24) is 15.4 Å². The lowest BCUT2D eigenvalue weighted by molar-refractivity contribution is 0.0929. The van der Waals surface area contributed by atoms with Crippen LogP contribution in [0.4, 0.5) is 0 Å². The Bertz CT molecular complexity index is 607. The zero-order valence-electron chi connectivity index (χ0n) is 12.2. The van der Waals surface area contributed by atoms with Gasteiger partial charge in [-0.2, -0.15) is 0 Å². The van der Waals surface area contributed by atoms with Crippen molar-refractivity contribution in [1.29, 1.82) is 0 Å². The number of hydrogen-bond acceptors (Lipinski definition) is 4. The number of amides is 1. The lowest BCUT2D eigenvalue weighted by Crippen LogP contribution is -2.36. The first kappa shape index (κ1) is 15.1. The van der Waals surface area contributed by atoms with Gasteiger partial charge in [0.15, 0.2) is 5.69 Å². The smallest absolute Gasteiger partial charge is 0.273 e. The van der Waals surface area contributed by atoms with Crippen molar-refractivity contribution in [3.8, 4) is 0 Å². The van der Waals surface area contributed by atoms with E-state index >= 15 is 0 Å². The Morgan fingerprint density at radius 3 is 2.64 bits per heavy atom. The summed E-state index contributed by atoms with van der Waals surface area (Å²) in [4.78, 5) is 14.4.